The molecule has 0 amide bonds. The molecule has 0 aliphatic heterocycles. The summed E-state index contributed by atoms with van der Waals surface area (Å²) in [4.78, 5) is 0. The molecule has 0 saturated carbocycles. The molecule has 0 aromatic heterocycles. The van der Waals surface area contributed by atoms with Crippen LogP contribution >= 0.6 is 23.2 Å². The van der Waals surface area contributed by atoms with Crippen molar-refractivity contribution >= 4 is 34.6 Å². The molecule has 1 atom stereocenters. The monoisotopic (exact) mass is 546 g/mol. The maximum Gasteiger partial charge on any atom is 0.416 e. The van der Waals surface area contributed by atoms with Crippen LogP contribution in [0.25, 0.3) is 0 Å². The van der Waals surface area contributed by atoms with E-state index >= 15 is 0 Å². The molecular formula is C27H39Cl2F3N4. The average molecular weight is 548 g/mol. The molecule has 0 bridgehead atoms. The minimum atomic E-state index is -4.51. The molecule has 1 rings (SSSR count). The fourth-order valence-corrected chi connectivity index (χ4v) is 4.42. The number of halogens is 5. The zero-order valence-corrected chi connectivity index (χ0v) is 23.5. The van der Waals surface area contributed by atoms with Gasteiger partial charge in [-0.05, 0) is 82.0 Å². The number of nitrogens with zero attached hydrogens (tertiary/aromatic N) is 2. The summed E-state index contributed by atoms with van der Waals surface area (Å²) < 4.78 is 40.6. The number of alkyl halides is 5. The van der Waals surface area contributed by atoms with Crippen molar-refractivity contribution in [2.24, 2.45) is 11.0 Å². The van der Waals surface area contributed by atoms with Crippen molar-refractivity contribution in [3.8, 4) is 0 Å². The summed E-state index contributed by atoms with van der Waals surface area (Å²) in [5.41, 5.74) is 3.58. The van der Waals surface area contributed by atoms with Crippen LogP contribution in [-0.4, -0.2) is 43.2 Å². The molecule has 0 radical (unpaired) electrons. The van der Waals surface area contributed by atoms with Gasteiger partial charge in [-0.25, -0.2) is 0 Å². The quantitative estimate of drug-likeness (QED) is 0.0584. The Bertz CT molecular complexity index is 955. The third-order valence-corrected chi connectivity index (χ3v) is 6.49. The van der Waals surface area contributed by atoms with Crippen LogP contribution in [0.3, 0.4) is 0 Å². The minimum absolute atomic E-state index is 0.0585. The van der Waals surface area contributed by atoms with Crippen LogP contribution in [0.2, 0.25) is 0 Å². The largest absolute Gasteiger partial charge is 0.416 e. The smallest absolute Gasteiger partial charge is 0.355 e. The number of benzene rings is 1. The molecule has 0 spiro atoms. The third-order valence-electron chi connectivity index (χ3n) is 5.89. The van der Waals surface area contributed by atoms with Gasteiger partial charge in [0.05, 0.1) is 17.2 Å². The standard InChI is InChI=1S/C27H39Cl2F3N4/c1-8-10-21(11-9-14-33-6)19(4)26(18(2)3)20(5)34-24-13-12-22(27(30,31)32)15-23(24)25(16-28)35-36(7)17-29/h12-13,15,21,33-34H,2,5,8-11,14,16-17H2,1,3-4,6-7H3/b26-19+,35-25+. The third kappa shape index (κ3) is 9.49. The summed E-state index contributed by atoms with van der Waals surface area (Å²) in [7, 11) is 3.56. The molecule has 1 aromatic carbocycles. The van der Waals surface area contributed by atoms with E-state index in [9.17, 15) is 13.2 Å². The van der Waals surface area contributed by atoms with Crippen LogP contribution in [0.15, 0.2) is 58.9 Å². The van der Waals surface area contributed by atoms with Gasteiger partial charge >= 0.3 is 6.18 Å². The second kappa shape index (κ2) is 15.3. The van der Waals surface area contributed by atoms with Gasteiger partial charge in [-0.15, -0.1) is 23.2 Å². The number of anilines is 1. The highest BCUT2D eigenvalue weighted by atomic mass is 35.5. The fraction of sp³-hybridized carbons (Fsp3) is 0.519. The van der Waals surface area contributed by atoms with Gasteiger partial charge < -0.3 is 10.6 Å². The topological polar surface area (TPSA) is 39.7 Å². The average Bonchev–Trinajstić information content (AvgIpc) is 2.81. The number of hydrogen-bond donors (Lipinski definition) is 2. The van der Waals surface area contributed by atoms with Gasteiger partial charge in [0.1, 0.15) is 6.00 Å². The number of allylic oxidation sites excluding steroid dienone is 2. The summed E-state index contributed by atoms with van der Waals surface area (Å²) in [6, 6.07) is 3.52. The lowest BCUT2D eigenvalue weighted by Crippen LogP contribution is -2.18. The van der Waals surface area contributed by atoms with Crippen molar-refractivity contribution in [3.05, 3.63) is 64.9 Å². The van der Waals surface area contributed by atoms with Crippen LogP contribution in [0, 0.1) is 5.92 Å². The Morgan fingerprint density at radius 3 is 2.33 bits per heavy atom. The van der Waals surface area contributed by atoms with Crippen molar-refractivity contribution in [1.82, 2.24) is 10.3 Å². The van der Waals surface area contributed by atoms with E-state index in [0.717, 1.165) is 55.5 Å². The molecule has 202 valence electrons. The lowest BCUT2D eigenvalue weighted by Gasteiger charge is -2.25. The Balaban J connectivity index is 3.55. The number of rotatable bonds is 15. The van der Waals surface area contributed by atoms with E-state index < -0.39 is 11.7 Å². The maximum absolute atomic E-state index is 13.5. The van der Waals surface area contributed by atoms with Crippen LogP contribution < -0.4 is 10.6 Å². The second-order valence-corrected chi connectivity index (χ2v) is 9.40. The molecule has 36 heavy (non-hydrogen) atoms. The first-order valence-electron chi connectivity index (χ1n) is 12.0. The van der Waals surface area contributed by atoms with Gasteiger partial charge in [0.25, 0.3) is 0 Å². The molecule has 1 unspecified atom stereocenters. The Labute approximate surface area is 224 Å². The number of hydrazone groups is 1. The van der Waals surface area contributed by atoms with Crippen molar-refractivity contribution in [2.75, 3.05) is 37.8 Å². The summed E-state index contributed by atoms with van der Waals surface area (Å²) in [6.07, 6.45) is -0.394. The highest BCUT2D eigenvalue weighted by Gasteiger charge is 2.31. The summed E-state index contributed by atoms with van der Waals surface area (Å²) in [5.74, 6) is 0.244. The highest BCUT2D eigenvalue weighted by molar-refractivity contribution is 6.32. The van der Waals surface area contributed by atoms with Gasteiger partial charge in [-0.2, -0.15) is 18.3 Å². The Kier molecular flexibility index (Phi) is 13.7. The predicted octanol–water partition coefficient (Wildman–Crippen LogP) is 8.01. The van der Waals surface area contributed by atoms with Gasteiger partial charge in [0.15, 0.2) is 0 Å². The van der Waals surface area contributed by atoms with Gasteiger partial charge in [-0.1, -0.05) is 32.1 Å². The first-order valence-corrected chi connectivity index (χ1v) is 13.1. The molecule has 0 aliphatic carbocycles. The molecule has 0 aliphatic rings. The molecule has 0 fully saturated rings. The second-order valence-electron chi connectivity index (χ2n) is 8.89. The van der Waals surface area contributed by atoms with Crippen molar-refractivity contribution in [3.63, 3.8) is 0 Å². The van der Waals surface area contributed by atoms with E-state index in [4.69, 9.17) is 23.2 Å². The van der Waals surface area contributed by atoms with Crippen molar-refractivity contribution in [1.29, 1.82) is 0 Å². The van der Waals surface area contributed by atoms with Crippen LogP contribution in [0.1, 0.15) is 57.6 Å². The van der Waals surface area contributed by atoms with E-state index in [-0.39, 0.29) is 23.2 Å². The van der Waals surface area contributed by atoms with Crippen LogP contribution in [0.5, 0.6) is 0 Å². The normalized spacial score (nSPS) is 13.8. The van der Waals surface area contributed by atoms with E-state index in [1.165, 1.54) is 16.6 Å². The molecule has 4 nitrogen and oxygen atoms in total. The van der Waals surface area contributed by atoms with Crippen LogP contribution in [-0.2, 0) is 6.18 Å². The molecule has 0 saturated heterocycles. The van der Waals surface area contributed by atoms with Crippen molar-refractivity contribution < 1.29 is 13.2 Å². The van der Waals surface area contributed by atoms with Gasteiger partial charge in [-0.3, -0.25) is 5.01 Å². The molecule has 1 aromatic rings. The lowest BCUT2D eigenvalue weighted by atomic mass is 9.85. The Morgan fingerprint density at radius 2 is 1.83 bits per heavy atom. The number of nitrogens with one attached hydrogen (secondary N) is 2. The van der Waals surface area contributed by atoms with E-state index in [2.05, 4.69) is 42.7 Å². The summed E-state index contributed by atoms with van der Waals surface area (Å²) in [6.45, 7) is 15.5. The summed E-state index contributed by atoms with van der Waals surface area (Å²) in [5, 5.41) is 12.1. The van der Waals surface area contributed by atoms with Crippen molar-refractivity contribution in [2.45, 2.75) is 52.6 Å². The zero-order valence-electron chi connectivity index (χ0n) is 22.0. The molecule has 2 N–H and O–H groups in total. The van der Waals surface area contributed by atoms with Gasteiger partial charge in [0.2, 0.25) is 0 Å². The summed E-state index contributed by atoms with van der Waals surface area (Å²) >= 11 is 11.9. The van der Waals surface area contributed by atoms with E-state index in [1.807, 2.05) is 14.0 Å². The number of hydrogen-bond acceptors (Lipinski definition) is 4. The first-order chi connectivity index (χ1) is 16.9. The van der Waals surface area contributed by atoms with Crippen LogP contribution in [0.4, 0.5) is 18.9 Å². The lowest BCUT2D eigenvalue weighted by molar-refractivity contribution is -0.137. The molecule has 0 heterocycles. The van der Waals surface area contributed by atoms with E-state index in [1.54, 1.807) is 7.05 Å². The SMILES string of the molecule is C=C(C)/C(C(=C)Nc1ccc(C(F)(F)F)cc1/C(CCl)=N/N(C)CCl)=C(/C)C(CCC)CCCNC. The van der Waals surface area contributed by atoms with E-state index in [0.29, 0.717) is 17.3 Å². The first kappa shape index (κ1) is 32.1. The Hall–Kier alpha value is -1.96. The molecular weight excluding hydrogens is 508 g/mol. The van der Waals surface area contributed by atoms with Gasteiger partial charge in [0, 0.05) is 24.0 Å². The zero-order chi connectivity index (χ0) is 27.5. The predicted molar refractivity (Wildman–Crippen MR) is 149 cm³/mol. The fourth-order valence-electron chi connectivity index (χ4n) is 4.17. The minimum Gasteiger partial charge on any atom is -0.355 e. The Morgan fingerprint density at radius 1 is 1.17 bits per heavy atom. The highest BCUT2D eigenvalue weighted by Crippen LogP contribution is 2.35. The molecule has 9 heteroatoms. The maximum atomic E-state index is 13.5.